The van der Waals surface area contributed by atoms with Crippen LogP contribution in [0.15, 0.2) is 18.2 Å². The molecule has 0 N–H and O–H groups in total. The number of allylic oxidation sites excluding steroid dienone is 2. The molecular formula is C9H6N2S. The maximum Gasteiger partial charge on any atom is 0.110 e. The van der Waals surface area contributed by atoms with E-state index in [9.17, 15) is 0 Å². The first-order valence-corrected chi connectivity index (χ1v) is 4.20. The molecule has 0 aliphatic heterocycles. The molecule has 0 amide bonds. The molecule has 0 aliphatic carbocycles. The van der Waals surface area contributed by atoms with Gasteiger partial charge in [-0.15, -0.1) is 11.3 Å². The fourth-order valence-corrected chi connectivity index (χ4v) is 1.63. The fraction of sp³-hybridized carbons (Fsp3) is 0.111. The van der Waals surface area contributed by atoms with Crippen molar-refractivity contribution in [3.05, 3.63) is 28.0 Å². The summed E-state index contributed by atoms with van der Waals surface area (Å²) in [5.74, 6) is 0. The van der Waals surface area contributed by atoms with Crippen LogP contribution in [0.1, 0.15) is 16.7 Å². The van der Waals surface area contributed by atoms with Crippen molar-refractivity contribution in [1.29, 1.82) is 10.5 Å². The first-order valence-electron chi connectivity index (χ1n) is 3.38. The van der Waals surface area contributed by atoms with Crippen molar-refractivity contribution in [2.45, 2.75) is 6.92 Å². The third-order valence-electron chi connectivity index (χ3n) is 1.39. The highest BCUT2D eigenvalue weighted by Crippen LogP contribution is 2.22. The molecule has 1 aromatic heterocycles. The van der Waals surface area contributed by atoms with Gasteiger partial charge in [0, 0.05) is 4.88 Å². The van der Waals surface area contributed by atoms with Crippen LogP contribution in [0.2, 0.25) is 0 Å². The van der Waals surface area contributed by atoms with E-state index in [4.69, 9.17) is 10.5 Å². The molecule has 2 nitrogen and oxygen atoms in total. The van der Waals surface area contributed by atoms with Crippen molar-refractivity contribution in [3.8, 4) is 12.1 Å². The summed E-state index contributed by atoms with van der Waals surface area (Å²) in [7, 11) is 0. The highest BCUT2D eigenvalue weighted by molar-refractivity contribution is 7.13. The summed E-state index contributed by atoms with van der Waals surface area (Å²) in [5.41, 5.74) is 0.626. The van der Waals surface area contributed by atoms with Crippen LogP contribution in [-0.2, 0) is 0 Å². The van der Waals surface area contributed by atoms with Crippen LogP contribution in [-0.4, -0.2) is 0 Å². The Labute approximate surface area is 75.0 Å². The van der Waals surface area contributed by atoms with Gasteiger partial charge in [-0.1, -0.05) is 6.08 Å². The first kappa shape index (κ1) is 8.52. The smallest absolute Gasteiger partial charge is 0.110 e. The van der Waals surface area contributed by atoms with E-state index in [0.29, 0.717) is 10.5 Å². The predicted octanol–water partition coefficient (Wildman–Crippen LogP) is 2.55. The van der Waals surface area contributed by atoms with Crippen molar-refractivity contribution < 1.29 is 0 Å². The monoisotopic (exact) mass is 174 g/mol. The molecule has 58 valence electrons. The maximum absolute atomic E-state index is 8.67. The van der Waals surface area contributed by atoms with Gasteiger partial charge in [-0.25, -0.2) is 0 Å². The fourth-order valence-electron chi connectivity index (χ4n) is 0.805. The van der Waals surface area contributed by atoms with Crippen LogP contribution < -0.4 is 0 Å². The van der Waals surface area contributed by atoms with Crippen LogP contribution in [0.25, 0.3) is 5.57 Å². The number of hydrogen-bond donors (Lipinski definition) is 0. The van der Waals surface area contributed by atoms with Crippen molar-refractivity contribution in [2.75, 3.05) is 0 Å². The largest absolute Gasteiger partial charge is 0.192 e. The molecule has 1 rings (SSSR count). The van der Waals surface area contributed by atoms with E-state index >= 15 is 0 Å². The van der Waals surface area contributed by atoms with Crippen LogP contribution in [0.5, 0.6) is 0 Å². The molecule has 0 saturated heterocycles. The van der Waals surface area contributed by atoms with E-state index in [1.54, 1.807) is 18.2 Å². The van der Waals surface area contributed by atoms with Gasteiger partial charge in [-0.3, -0.25) is 0 Å². The second-order valence-electron chi connectivity index (χ2n) is 2.09. The maximum atomic E-state index is 8.67. The minimum atomic E-state index is 0.626. The lowest BCUT2D eigenvalue weighted by atomic mass is 10.2. The molecule has 0 radical (unpaired) electrons. The van der Waals surface area contributed by atoms with Gasteiger partial charge >= 0.3 is 0 Å². The number of rotatable bonds is 1. The quantitative estimate of drug-likeness (QED) is 0.614. The molecule has 1 heterocycles. The molecule has 0 spiro atoms. The topological polar surface area (TPSA) is 47.6 Å². The minimum Gasteiger partial charge on any atom is -0.192 e. The third-order valence-corrected chi connectivity index (χ3v) is 2.41. The van der Waals surface area contributed by atoms with Gasteiger partial charge in [-0.2, -0.15) is 10.5 Å². The van der Waals surface area contributed by atoms with Gasteiger partial charge in [0.1, 0.15) is 17.0 Å². The zero-order valence-corrected chi connectivity index (χ0v) is 7.35. The van der Waals surface area contributed by atoms with Gasteiger partial charge in [0.25, 0.3) is 0 Å². The molecular weight excluding hydrogens is 168 g/mol. The van der Waals surface area contributed by atoms with Gasteiger partial charge in [0.05, 0.1) is 5.57 Å². The molecule has 0 saturated carbocycles. The Morgan fingerprint density at radius 3 is 2.67 bits per heavy atom. The van der Waals surface area contributed by atoms with Gasteiger partial charge in [-0.05, 0) is 19.1 Å². The Hall–Kier alpha value is -1.58. The van der Waals surface area contributed by atoms with Crippen molar-refractivity contribution in [1.82, 2.24) is 0 Å². The van der Waals surface area contributed by atoms with E-state index in [2.05, 4.69) is 6.07 Å². The molecule has 0 unspecified atom stereocenters. The SMILES string of the molecule is C/C=C(\C#N)c1ccc(C#N)s1. The van der Waals surface area contributed by atoms with E-state index < -0.39 is 0 Å². The van der Waals surface area contributed by atoms with Gasteiger partial charge in [0.15, 0.2) is 0 Å². The Bertz CT molecular complexity index is 387. The lowest BCUT2D eigenvalue weighted by Gasteiger charge is -1.87. The zero-order valence-electron chi connectivity index (χ0n) is 6.53. The van der Waals surface area contributed by atoms with E-state index in [0.717, 1.165) is 4.88 Å². The second kappa shape index (κ2) is 3.71. The summed E-state index contributed by atoms with van der Waals surface area (Å²) in [6, 6.07) is 7.62. The van der Waals surface area contributed by atoms with E-state index in [1.807, 2.05) is 13.0 Å². The normalized spacial score (nSPS) is 10.4. The van der Waals surface area contributed by atoms with Crippen LogP contribution in [0.4, 0.5) is 0 Å². The molecule has 0 aromatic carbocycles. The molecule has 0 atom stereocenters. The summed E-state index contributed by atoms with van der Waals surface area (Å²) < 4.78 is 0. The van der Waals surface area contributed by atoms with Crippen LogP contribution >= 0.6 is 11.3 Å². The zero-order chi connectivity index (χ0) is 8.97. The average molecular weight is 174 g/mol. The van der Waals surface area contributed by atoms with E-state index in [-0.39, 0.29) is 0 Å². The summed E-state index contributed by atoms with van der Waals surface area (Å²) in [5, 5.41) is 17.2. The summed E-state index contributed by atoms with van der Waals surface area (Å²) in [4.78, 5) is 1.50. The van der Waals surface area contributed by atoms with Gasteiger partial charge < -0.3 is 0 Å². The van der Waals surface area contributed by atoms with Crippen molar-refractivity contribution in [2.24, 2.45) is 0 Å². The highest BCUT2D eigenvalue weighted by atomic mass is 32.1. The van der Waals surface area contributed by atoms with Gasteiger partial charge in [0.2, 0.25) is 0 Å². The molecule has 0 bridgehead atoms. The summed E-state index contributed by atoms with van der Waals surface area (Å²) in [6.07, 6.45) is 1.74. The van der Waals surface area contributed by atoms with Crippen molar-refractivity contribution >= 4 is 16.9 Å². The second-order valence-corrected chi connectivity index (χ2v) is 3.17. The Balaban J connectivity index is 3.08. The molecule has 3 heteroatoms. The molecule has 0 aliphatic rings. The molecule has 0 fully saturated rings. The molecule has 1 aromatic rings. The summed E-state index contributed by atoms with van der Waals surface area (Å²) in [6.45, 7) is 1.81. The standard InChI is InChI=1S/C9H6N2S/c1-2-7(5-10)9-4-3-8(6-11)12-9/h2-4H,1H3/b7-2+. The average Bonchev–Trinajstić information content (AvgIpc) is 2.55. The number of thiophene rings is 1. The summed E-state index contributed by atoms with van der Waals surface area (Å²) >= 11 is 1.34. The Kier molecular flexibility index (Phi) is 2.63. The van der Waals surface area contributed by atoms with Crippen LogP contribution in [0.3, 0.4) is 0 Å². The van der Waals surface area contributed by atoms with E-state index in [1.165, 1.54) is 11.3 Å². The lowest BCUT2D eigenvalue weighted by molar-refractivity contribution is 1.52. The number of hydrogen-bond acceptors (Lipinski definition) is 3. The van der Waals surface area contributed by atoms with Crippen molar-refractivity contribution in [3.63, 3.8) is 0 Å². The molecule has 12 heavy (non-hydrogen) atoms. The Morgan fingerprint density at radius 2 is 2.25 bits per heavy atom. The predicted molar refractivity (Wildman–Crippen MR) is 48.3 cm³/mol. The number of nitrogens with zero attached hydrogens (tertiary/aromatic N) is 2. The lowest BCUT2D eigenvalue weighted by Crippen LogP contribution is -1.70. The Morgan fingerprint density at radius 1 is 1.50 bits per heavy atom. The number of nitriles is 2. The van der Waals surface area contributed by atoms with Crippen LogP contribution in [0, 0.1) is 22.7 Å². The minimum absolute atomic E-state index is 0.626. The highest BCUT2D eigenvalue weighted by Gasteiger charge is 2.02. The first-order chi connectivity index (χ1) is 5.81. The third kappa shape index (κ3) is 1.53.